The third-order valence-corrected chi connectivity index (χ3v) is 4.00. The van der Waals surface area contributed by atoms with Crippen LogP contribution in [-0.4, -0.2) is 30.7 Å². The zero-order chi connectivity index (χ0) is 18.4. The minimum atomic E-state index is -0.888. The molecule has 1 heterocycles. The normalized spacial score (nSPS) is 16.4. The number of nitrogens with one attached hydrogen (secondary N) is 1. The number of carbonyl (C=O) groups excluding carboxylic acids is 2. The first-order chi connectivity index (χ1) is 12.7. The molecule has 2 aromatic carbocycles. The molecular formula is C20H21NO5. The summed E-state index contributed by atoms with van der Waals surface area (Å²) in [6.07, 6.45) is -1.39. The lowest BCUT2D eigenvalue weighted by Gasteiger charge is -2.26. The van der Waals surface area contributed by atoms with Crippen LogP contribution in [0.5, 0.6) is 11.5 Å². The summed E-state index contributed by atoms with van der Waals surface area (Å²) in [6.45, 7) is 2.22. The maximum Gasteiger partial charge on any atom is 0.351 e. The van der Waals surface area contributed by atoms with Gasteiger partial charge in [-0.25, -0.2) is 4.79 Å². The third-order valence-electron chi connectivity index (χ3n) is 4.00. The molecule has 0 fully saturated rings. The SMILES string of the molecule is CCC(OC(=O)C1COc2ccccc2O1)C(=O)NCc1ccccc1. The molecule has 2 unspecified atom stereocenters. The van der Waals surface area contributed by atoms with Crippen LogP contribution in [0.15, 0.2) is 54.6 Å². The zero-order valence-corrected chi connectivity index (χ0v) is 14.5. The lowest BCUT2D eigenvalue weighted by Crippen LogP contribution is -2.43. The van der Waals surface area contributed by atoms with E-state index in [1.54, 1.807) is 25.1 Å². The number of amides is 1. The summed E-state index contributed by atoms with van der Waals surface area (Å²) in [5.41, 5.74) is 0.975. The summed E-state index contributed by atoms with van der Waals surface area (Å²) < 4.78 is 16.5. The molecule has 3 rings (SSSR count). The Morgan fingerprint density at radius 3 is 2.54 bits per heavy atom. The average molecular weight is 355 g/mol. The predicted molar refractivity (Wildman–Crippen MR) is 94.8 cm³/mol. The summed E-state index contributed by atoms with van der Waals surface area (Å²) in [5, 5.41) is 2.79. The van der Waals surface area contributed by atoms with Crippen molar-refractivity contribution in [3.63, 3.8) is 0 Å². The Hall–Kier alpha value is -3.02. The number of rotatable bonds is 6. The molecule has 0 radical (unpaired) electrons. The molecule has 1 aliphatic heterocycles. The van der Waals surface area contributed by atoms with E-state index in [2.05, 4.69) is 5.32 Å². The van der Waals surface area contributed by atoms with Gasteiger partial charge in [0, 0.05) is 6.54 Å². The predicted octanol–water partition coefficient (Wildman–Crippen LogP) is 2.46. The lowest BCUT2D eigenvalue weighted by molar-refractivity contribution is -0.165. The third kappa shape index (κ3) is 4.33. The molecule has 0 saturated heterocycles. The van der Waals surface area contributed by atoms with Crippen LogP contribution in [0.4, 0.5) is 0 Å². The monoisotopic (exact) mass is 355 g/mol. The van der Waals surface area contributed by atoms with E-state index >= 15 is 0 Å². The highest BCUT2D eigenvalue weighted by molar-refractivity contribution is 5.85. The number of hydrogen-bond acceptors (Lipinski definition) is 5. The van der Waals surface area contributed by atoms with Gasteiger partial charge in [-0.15, -0.1) is 0 Å². The smallest absolute Gasteiger partial charge is 0.351 e. The highest BCUT2D eigenvalue weighted by Gasteiger charge is 2.32. The van der Waals surface area contributed by atoms with E-state index < -0.39 is 18.2 Å². The van der Waals surface area contributed by atoms with Crippen molar-refractivity contribution in [1.82, 2.24) is 5.32 Å². The summed E-state index contributed by atoms with van der Waals surface area (Å²) >= 11 is 0. The van der Waals surface area contributed by atoms with Crippen LogP contribution in [0, 0.1) is 0 Å². The van der Waals surface area contributed by atoms with Crippen LogP contribution >= 0.6 is 0 Å². The van der Waals surface area contributed by atoms with Gasteiger partial charge >= 0.3 is 5.97 Å². The molecule has 0 spiro atoms. The van der Waals surface area contributed by atoms with Crippen molar-refractivity contribution >= 4 is 11.9 Å². The molecule has 136 valence electrons. The van der Waals surface area contributed by atoms with Gasteiger partial charge in [0.2, 0.25) is 6.10 Å². The van der Waals surface area contributed by atoms with E-state index in [9.17, 15) is 9.59 Å². The number of benzene rings is 2. The van der Waals surface area contributed by atoms with Crippen LogP contribution in [0.3, 0.4) is 0 Å². The minimum absolute atomic E-state index is 0.0535. The molecule has 0 aliphatic carbocycles. The fourth-order valence-electron chi connectivity index (χ4n) is 2.57. The van der Waals surface area contributed by atoms with Crippen molar-refractivity contribution in [1.29, 1.82) is 0 Å². The number of hydrogen-bond donors (Lipinski definition) is 1. The largest absolute Gasteiger partial charge is 0.485 e. The van der Waals surface area contributed by atoms with Gasteiger partial charge in [-0.3, -0.25) is 4.79 Å². The van der Waals surface area contributed by atoms with Crippen LogP contribution < -0.4 is 14.8 Å². The Kier molecular flexibility index (Phi) is 5.73. The van der Waals surface area contributed by atoms with Crippen LogP contribution in [0.25, 0.3) is 0 Å². The van der Waals surface area contributed by atoms with Crippen LogP contribution in [0.2, 0.25) is 0 Å². The first-order valence-corrected chi connectivity index (χ1v) is 8.58. The molecule has 2 aromatic rings. The van der Waals surface area contributed by atoms with E-state index in [1.807, 2.05) is 36.4 Å². The van der Waals surface area contributed by atoms with Gasteiger partial charge in [0.15, 0.2) is 17.6 Å². The minimum Gasteiger partial charge on any atom is -0.485 e. The van der Waals surface area contributed by atoms with Gasteiger partial charge in [-0.05, 0) is 24.1 Å². The molecule has 0 saturated carbocycles. The molecule has 2 atom stereocenters. The van der Waals surface area contributed by atoms with Crippen molar-refractivity contribution in [2.45, 2.75) is 32.1 Å². The molecule has 6 heteroatoms. The number of esters is 1. The Morgan fingerprint density at radius 1 is 1.12 bits per heavy atom. The number of fused-ring (bicyclic) bond motifs is 1. The molecule has 1 N–H and O–H groups in total. The van der Waals surface area contributed by atoms with Gasteiger partial charge in [-0.1, -0.05) is 49.4 Å². The fourth-order valence-corrected chi connectivity index (χ4v) is 2.57. The van der Waals surface area contributed by atoms with E-state index in [0.29, 0.717) is 24.5 Å². The topological polar surface area (TPSA) is 73.9 Å². The second-order valence-electron chi connectivity index (χ2n) is 5.90. The summed E-state index contributed by atoms with van der Waals surface area (Å²) in [7, 11) is 0. The molecule has 1 aliphatic rings. The average Bonchev–Trinajstić information content (AvgIpc) is 2.70. The lowest BCUT2D eigenvalue weighted by atomic mass is 10.2. The second-order valence-corrected chi connectivity index (χ2v) is 5.90. The maximum absolute atomic E-state index is 12.3. The Balaban J connectivity index is 1.54. The fraction of sp³-hybridized carbons (Fsp3) is 0.300. The van der Waals surface area contributed by atoms with Crippen molar-refractivity contribution in [2.24, 2.45) is 0 Å². The van der Waals surface area contributed by atoms with Crippen molar-refractivity contribution in [3.8, 4) is 11.5 Å². The van der Waals surface area contributed by atoms with Gasteiger partial charge in [-0.2, -0.15) is 0 Å². The first-order valence-electron chi connectivity index (χ1n) is 8.58. The molecule has 0 aromatic heterocycles. The van der Waals surface area contributed by atoms with Gasteiger partial charge in [0.05, 0.1) is 0 Å². The van der Waals surface area contributed by atoms with Crippen molar-refractivity contribution < 1.29 is 23.8 Å². The Morgan fingerprint density at radius 2 is 1.81 bits per heavy atom. The highest BCUT2D eigenvalue weighted by atomic mass is 16.6. The van der Waals surface area contributed by atoms with Gasteiger partial charge in [0.25, 0.3) is 5.91 Å². The molecule has 0 bridgehead atoms. The van der Waals surface area contributed by atoms with Gasteiger partial charge in [0.1, 0.15) is 6.61 Å². The second kappa shape index (κ2) is 8.38. The van der Waals surface area contributed by atoms with E-state index in [-0.39, 0.29) is 12.5 Å². The summed E-state index contributed by atoms with van der Waals surface area (Å²) in [5.74, 6) is 0.134. The molecular weight excluding hydrogens is 334 g/mol. The van der Waals surface area contributed by atoms with Crippen molar-refractivity contribution in [2.75, 3.05) is 6.61 Å². The summed E-state index contributed by atoms with van der Waals surface area (Å²) in [6, 6.07) is 16.6. The van der Waals surface area contributed by atoms with Gasteiger partial charge < -0.3 is 19.5 Å². The maximum atomic E-state index is 12.3. The van der Waals surface area contributed by atoms with E-state index in [1.165, 1.54) is 0 Å². The zero-order valence-electron chi connectivity index (χ0n) is 14.5. The first kappa shape index (κ1) is 17.8. The van der Waals surface area contributed by atoms with Crippen LogP contribution in [0.1, 0.15) is 18.9 Å². The highest BCUT2D eigenvalue weighted by Crippen LogP contribution is 2.31. The van der Waals surface area contributed by atoms with E-state index in [0.717, 1.165) is 5.56 Å². The Bertz CT molecular complexity index is 762. The van der Waals surface area contributed by atoms with E-state index in [4.69, 9.17) is 14.2 Å². The quantitative estimate of drug-likeness (QED) is 0.806. The Labute approximate surface area is 152 Å². The summed E-state index contributed by atoms with van der Waals surface area (Å²) in [4.78, 5) is 24.7. The number of ether oxygens (including phenoxy) is 3. The van der Waals surface area contributed by atoms with Crippen LogP contribution in [-0.2, 0) is 20.9 Å². The molecule has 6 nitrogen and oxygen atoms in total. The van der Waals surface area contributed by atoms with Crippen molar-refractivity contribution in [3.05, 3.63) is 60.2 Å². The standard InChI is InChI=1S/C20H21NO5/c1-2-15(19(22)21-12-14-8-4-3-5-9-14)26-20(23)18-13-24-16-10-6-7-11-17(16)25-18/h3-11,15,18H,2,12-13H2,1H3,(H,21,22). The molecule has 26 heavy (non-hydrogen) atoms. The molecule has 1 amide bonds. The number of para-hydroxylation sites is 2. The number of carbonyl (C=O) groups is 2.